The number of hydrogen-bond donors (Lipinski definition) is 1. The van der Waals surface area contributed by atoms with Crippen molar-refractivity contribution in [1.82, 2.24) is 10.2 Å². The van der Waals surface area contributed by atoms with E-state index in [-0.39, 0.29) is 0 Å². The van der Waals surface area contributed by atoms with Gasteiger partial charge in [0.1, 0.15) is 0 Å². The number of methoxy groups -OCH3 is 2. The molecular weight excluding hydrogens is 264 g/mol. The van der Waals surface area contributed by atoms with E-state index in [4.69, 9.17) is 9.47 Å². The van der Waals surface area contributed by atoms with Crippen molar-refractivity contribution in [1.29, 1.82) is 0 Å². The summed E-state index contributed by atoms with van der Waals surface area (Å²) in [6, 6.07) is 6.90. The first-order chi connectivity index (χ1) is 10.2. The lowest BCUT2D eigenvalue weighted by Gasteiger charge is -2.31. The summed E-state index contributed by atoms with van der Waals surface area (Å²) >= 11 is 0. The molecule has 4 heteroatoms. The summed E-state index contributed by atoms with van der Waals surface area (Å²) in [6.45, 7) is 3.45. The van der Waals surface area contributed by atoms with Crippen LogP contribution >= 0.6 is 0 Å². The van der Waals surface area contributed by atoms with Crippen molar-refractivity contribution < 1.29 is 9.47 Å². The third-order valence-electron chi connectivity index (χ3n) is 4.32. The molecule has 0 aliphatic carbocycles. The van der Waals surface area contributed by atoms with E-state index in [0.717, 1.165) is 31.0 Å². The van der Waals surface area contributed by atoms with Crippen molar-refractivity contribution in [3.63, 3.8) is 0 Å². The van der Waals surface area contributed by atoms with Gasteiger partial charge in [-0.25, -0.2) is 0 Å². The largest absolute Gasteiger partial charge is 0.493 e. The van der Waals surface area contributed by atoms with Crippen LogP contribution in [0.5, 0.6) is 11.5 Å². The number of likely N-dealkylation sites (N-methyl/N-ethyl adjacent to an activating group) is 1. The summed E-state index contributed by atoms with van der Waals surface area (Å²) in [5.41, 5.74) is 1.31. The second-order valence-corrected chi connectivity index (χ2v) is 5.77. The first kappa shape index (κ1) is 16.1. The van der Waals surface area contributed by atoms with Crippen molar-refractivity contribution >= 4 is 0 Å². The molecule has 0 amide bonds. The van der Waals surface area contributed by atoms with E-state index < -0.39 is 0 Å². The predicted molar refractivity (Wildman–Crippen MR) is 86.4 cm³/mol. The smallest absolute Gasteiger partial charge is 0.160 e. The van der Waals surface area contributed by atoms with Gasteiger partial charge >= 0.3 is 0 Å². The lowest BCUT2D eigenvalue weighted by Crippen LogP contribution is -2.44. The average molecular weight is 292 g/mol. The average Bonchev–Trinajstić information content (AvgIpc) is 2.55. The molecule has 1 aromatic rings. The second-order valence-electron chi connectivity index (χ2n) is 5.77. The maximum atomic E-state index is 5.36. The molecule has 0 radical (unpaired) electrons. The maximum absolute atomic E-state index is 5.36. The van der Waals surface area contributed by atoms with Gasteiger partial charge in [0.15, 0.2) is 11.5 Å². The minimum Gasteiger partial charge on any atom is -0.493 e. The van der Waals surface area contributed by atoms with Crippen LogP contribution in [-0.4, -0.2) is 51.8 Å². The van der Waals surface area contributed by atoms with Crippen LogP contribution in [0.25, 0.3) is 0 Å². The topological polar surface area (TPSA) is 33.7 Å². The lowest BCUT2D eigenvalue weighted by molar-refractivity contribution is 0.201. The normalized spacial score (nSPS) is 18.8. The van der Waals surface area contributed by atoms with Crippen LogP contribution in [0.4, 0.5) is 0 Å². The highest BCUT2D eigenvalue weighted by molar-refractivity contribution is 5.42. The quantitative estimate of drug-likeness (QED) is 0.836. The molecule has 1 heterocycles. The van der Waals surface area contributed by atoms with Crippen LogP contribution in [-0.2, 0) is 6.42 Å². The fourth-order valence-corrected chi connectivity index (χ4v) is 2.96. The van der Waals surface area contributed by atoms with Crippen molar-refractivity contribution in [3.8, 4) is 11.5 Å². The minimum atomic E-state index is 0.698. The molecule has 1 aliphatic heterocycles. The number of aryl methyl sites for hydroxylation is 1. The molecule has 4 nitrogen and oxygen atoms in total. The van der Waals surface area contributed by atoms with Crippen LogP contribution in [0.2, 0.25) is 0 Å². The van der Waals surface area contributed by atoms with Gasteiger partial charge in [-0.2, -0.15) is 0 Å². The molecule has 1 atom stereocenters. The highest BCUT2D eigenvalue weighted by Crippen LogP contribution is 2.28. The van der Waals surface area contributed by atoms with Gasteiger partial charge in [0, 0.05) is 12.6 Å². The SMILES string of the molecule is COc1ccc(CCCN(C)C2CCCNC2)cc1OC. The Morgan fingerprint density at radius 1 is 1.24 bits per heavy atom. The molecular formula is C17H28N2O2. The first-order valence-corrected chi connectivity index (χ1v) is 7.86. The fourth-order valence-electron chi connectivity index (χ4n) is 2.96. The summed E-state index contributed by atoms with van der Waals surface area (Å²) in [5, 5.41) is 3.48. The molecule has 1 aromatic carbocycles. The molecule has 1 saturated heterocycles. The number of rotatable bonds is 7. The van der Waals surface area contributed by atoms with Gasteiger partial charge in [-0.05, 0) is 63.5 Å². The third kappa shape index (κ3) is 4.61. The van der Waals surface area contributed by atoms with Crippen molar-refractivity contribution in [3.05, 3.63) is 23.8 Å². The molecule has 118 valence electrons. The molecule has 1 aliphatic rings. The Morgan fingerprint density at radius 3 is 2.71 bits per heavy atom. The molecule has 1 N–H and O–H groups in total. The number of benzene rings is 1. The number of piperidine rings is 1. The van der Waals surface area contributed by atoms with Gasteiger partial charge in [0.2, 0.25) is 0 Å². The summed E-state index contributed by atoms with van der Waals surface area (Å²) < 4.78 is 10.6. The van der Waals surface area contributed by atoms with E-state index in [2.05, 4.69) is 29.4 Å². The highest BCUT2D eigenvalue weighted by Gasteiger charge is 2.17. The predicted octanol–water partition coefficient (Wildman–Crippen LogP) is 2.32. The van der Waals surface area contributed by atoms with E-state index in [1.54, 1.807) is 14.2 Å². The lowest BCUT2D eigenvalue weighted by atomic mass is 10.0. The van der Waals surface area contributed by atoms with Gasteiger partial charge in [0.25, 0.3) is 0 Å². The van der Waals surface area contributed by atoms with Crippen LogP contribution < -0.4 is 14.8 Å². The second kappa shape index (κ2) is 8.25. The van der Waals surface area contributed by atoms with Crippen molar-refractivity contribution in [2.75, 3.05) is 40.9 Å². The van der Waals surface area contributed by atoms with Gasteiger partial charge in [0.05, 0.1) is 14.2 Å². The summed E-state index contributed by atoms with van der Waals surface area (Å²) in [5.74, 6) is 1.62. The van der Waals surface area contributed by atoms with Gasteiger partial charge in [-0.3, -0.25) is 0 Å². The first-order valence-electron chi connectivity index (χ1n) is 7.86. The van der Waals surface area contributed by atoms with Crippen LogP contribution in [0, 0.1) is 0 Å². The van der Waals surface area contributed by atoms with E-state index in [9.17, 15) is 0 Å². The Hall–Kier alpha value is -1.26. The molecule has 1 fully saturated rings. The highest BCUT2D eigenvalue weighted by atomic mass is 16.5. The zero-order chi connectivity index (χ0) is 15.1. The van der Waals surface area contributed by atoms with E-state index in [1.165, 1.54) is 31.4 Å². The molecule has 0 bridgehead atoms. The maximum Gasteiger partial charge on any atom is 0.160 e. The van der Waals surface area contributed by atoms with E-state index in [1.807, 2.05) is 6.07 Å². The Kier molecular flexibility index (Phi) is 6.33. The Morgan fingerprint density at radius 2 is 2.05 bits per heavy atom. The Balaban J connectivity index is 1.80. The third-order valence-corrected chi connectivity index (χ3v) is 4.32. The molecule has 0 saturated carbocycles. The number of nitrogens with one attached hydrogen (secondary N) is 1. The van der Waals surface area contributed by atoms with E-state index >= 15 is 0 Å². The van der Waals surface area contributed by atoms with Crippen molar-refractivity contribution in [2.24, 2.45) is 0 Å². The van der Waals surface area contributed by atoms with Gasteiger partial charge in [-0.1, -0.05) is 6.07 Å². The zero-order valence-electron chi connectivity index (χ0n) is 13.5. The molecule has 1 unspecified atom stereocenters. The molecule has 21 heavy (non-hydrogen) atoms. The van der Waals surface area contributed by atoms with Crippen LogP contribution in [0.1, 0.15) is 24.8 Å². The number of ether oxygens (including phenoxy) is 2. The van der Waals surface area contributed by atoms with Gasteiger partial charge in [-0.15, -0.1) is 0 Å². The minimum absolute atomic E-state index is 0.698. The van der Waals surface area contributed by atoms with Crippen molar-refractivity contribution in [2.45, 2.75) is 31.7 Å². The molecule has 0 aromatic heterocycles. The molecule has 0 spiro atoms. The Labute approximate surface area is 128 Å². The summed E-state index contributed by atoms with van der Waals surface area (Å²) in [6.07, 6.45) is 4.86. The van der Waals surface area contributed by atoms with E-state index in [0.29, 0.717) is 6.04 Å². The van der Waals surface area contributed by atoms with Gasteiger partial charge < -0.3 is 19.7 Å². The zero-order valence-corrected chi connectivity index (χ0v) is 13.5. The monoisotopic (exact) mass is 292 g/mol. The summed E-state index contributed by atoms with van der Waals surface area (Å²) in [7, 11) is 5.60. The number of hydrogen-bond acceptors (Lipinski definition) is 4. The fraction of sp³-hybridized carbons (Fsp3) is 0.647. The number of nitrogens with zero attached hydrogens (tertiary/aromatic N) is 1. The molecule has 2 rings (SSSR count). The van der Waals surface area contributed by atoms with Crippen LogP contribution in [0.3, 0.4) is 0 Å². The van der Waals surface area contributed by atoms with Crippen LogP contribution in [0.15, 0.2) is 18.2 Å². The standard InChI is InChI=1S/C17H28N2O2/c1-19(15-7-4-10-18-13-15)11-5-6-14-8-9-16(20-2)17(12-14)21-3/h8-9,12,15,18H,4-7,10-11,13H2,1-3H3. The summed E-state index contributed by atoms with van der Waals surface area (Å²) in [4.78, 5) is 2.49. The Bertz CT molecular complexity index is 431.